The Kier molecular flexibility index (Phi) is 7.39. The molecule has 0 aliphatic carbocycles. The van der Waals surface area contributed by atoms with E-state index in [0.29, 0.717) is 0 Å². The second kappa shape index (κ2) is 6.23. The predicted octanol–water partition coefficient (Wildman–Crippen LogP) is 2.25. The minimum atomic E-state index is 0. The predicted molar refractivity (Wildman–Crippen MR) is 56.1 cm³/mol. The van der Waals surface area contributed by atoms with Gasteiger partial charge in [0.15, 0.2) is 0 Å². The van der Waals surface area contributed by atoms with E-state index in [0.717, 1.165) is 11.3 Å². The average molecular weight is 209 g/mol. The van der Waals surface area contributed by atoms with Gasteiger partial charge in [0.05, 0.1) is 5.69 Å². The molecule has 12 heavy (non-hydrogen) atoms. The Bertz CT molecular complexity index is 226. The summed E-state index contributed by atoms with van der Waals surface area (Å²) in [5.74, 6) is 0. The van der Waals surface area contributed by atoms with Gasteiger partial charge in [0.2, 0.25) is 0 Å². The van der Waals surface area contributed by atoms with Crippen LogP contribution in [0.5, 0.6) is 0 Å². The molecule has 1 rings (SSSR count). The smallest absolute Gasteiger partial charge is 0.0597 e. The fourth-order valence-corrected chi connectivity index (χ4v) is 0.975. The Morgan fingerprint density at radius 1 is 1.42 bits per heavy atom. The Balaban J connectivity index is 0. The number of halogens is 2. The summed E-state index contributed by atoms with van der Waals surface area (Å²) in [5, 5.41) is 0. The zero-order chi connectivity index (χ0) is 7.56. The van der Waals surface area contributed by atoms with E-state index in [1.807, 2.05) is 26.0 Å². The van der Waals surface area contributed by atoms with Crippen LogP contribution in [0.15, 0.2) is 18.3 Å². The number of nitrogens with zero attached hydrogens (tertiary/aromatic N) is 1. The van der Waals surface area contributed by atoms with Crippen LogP contribution in [0, 0.1) is 6.92 Å². The highest BCUT2D eigenvalue weighted by Crippen LogP contribution is 2.09. The van der Waals surface area contributed by atoms with Gasteiger partial charge in [0, 0.05) is 12.2 Å². The molecule has 0 aromatic carbocycles. The number of hydrogen-bond acceptors (Lipinski definition) is 2. The van der Waals surface area contributed by atoms with E-state index in [1.165, 1.54) is 0 Å². The van der Waals surface area contributed by atoms with Crippen molar-refractivity contribution in [3.05, 3.63) is 29.6 Å². The van der Waals surface area contributed by atoms with Gasteiger partial charge in [-0.25, -0.2) is 0 Å². The zero-order valence-corrected chi connectivity index (χ0v) is 8.78. The van der Waals surface area contributed by atoms with Crippen molar-refractivity contribution in [2.24, 2.45) is 5.73 Å². The third kappa shape index (κ3) is 3.39. The fraction of sp³-hybridized carbons (Fsp3) is 0.375. The lowest BCUT2D eigenvalue weighted by Gasteiger charge is -2.06. The third-order valence-electron chi connectivity index (χ3n) is 1.48. The number of aryl methyl sites for hydroxylation is 1. The summed E-state index contributed by atoms with van der Waals surface area (Å²) in [6.45, 7) is 3.96. The molecule has 2 nitrogen and oxygen atoms in total. The van der Waals surface area contributed by atoms with Crippen LogP contribution in [0.2, 0.25) is 0 Å². The molecule has 0 unspecified atom stereocenters. The highest BCUT2D eigenvalue weighted by Gasteiger charge is 2.01. The average Bonchev–Trinajstić information content (AvgIpc) is 1.88. The van der Waals surface area contributed by atoms with Gasteiger partial charge >= 0.3 is 0 Å². The van der Waals surface area contributed by atoms with Crippen LogP contribution in [0.25, 0.3) is 0 Å². The SMILES string of the molecule is Cc1cccnc1[C@H](C)N.Cl.Cl. The highest BCUT2D eigenvalue weighted by atomic mass is 35.5. The summed E-state index contributed by atoms with van der Waals surface area (Å²) in [6.07, 6.45) is 1.77. The van der Waals surface area contributed by atoms with E-state index >= 15 is 0 Å². The summed E-state index contributed by atoms with van der Waals surface area (Å²) >= 11 is 0. The number of hydrogen-bond donors (Lipinski definition) is 1. The molecule has 1 atom stereocenters. The topological polar surface area (TPSA) is 38.9 Å². The second-order valence-electron chi connectivity index (χ2n) is 2.49. The van der Waals surface area contributed by atoms with Gasteiger partial charge in [-0.05, 0) is 25.5 Å². The minimum absolute atomic E-state index is 0. The van der Waals surface area contributed by atoms with Gasteiger partial charge in [-0.1, -0.05) is 6.07 Å². The molecular formula is C8H14Cl2N2. The first-order valence-electron chi connectivity index (χ1n) is 3.39. The quantitative estimate of drug-likeness (QED) is 0.770. The van der Waals surface area contributed by atoms with Gasteiger partial charge in [-0.2, -0.15) is 0 Å². The molecule has 1 aromatic heterocycles. The Hall–Kier alpha value is -0.310. The molecule has 1 aromatic rings. The summed E-state index contributed by atoms with van der Waals surface area (Å²) in [5.41, 5.74) is 7.80. The molecule has 0 radical (unpaired) electrons. The number of rotatable bonds is 1. The van der Waals surface area contributed by atoms with Gasteiger partial charge in [0.25, 0.3) is 0 Å². The van der Waals surface area contributed by atoms with Crippen molar-refractivity contribution in [2.45, 2.75) is 19.9 Å². The van der Waals surface area contributed by atoms with Crippen molar-refractivity contribution in [1.29, 1.82) is 0 Å². The summed E-state index contributed by atoms with van der Waals surface area (Å²) < 4.78 is 0. The summed E-state index contributed by atoms with van der Waals surface area (Å²) in [4.78, 5) is 4.15. The van der Waals surface area contributed by atoms with Gasteiger partial charge < -0.3 is 5.73 Å². The molecule has 0 saturated heterocycles. The number of aromatic nitrogens is 1. The maximum absolute atomic E-state index is 5.65. The van der Waals surface area contributed by atoms with Crippen molar-refractivity contribution in [3.63, 3.8) is 0 Å². The van der Waals surface area contributed by atoms with Crippen molar-refractivity contribution in [2.75, 3.05) is 0 Å². The molecule has 4 heteroatoms. The van der Waals surface area contributed by atoms with Crippen LogP contribution >= 0.6 is 24.8 Å². The van der Waals surface area contributed by atoms with Crippen LogP contribution in [0.1, 0.15) is 24.2 Å². The molecule has 1 heterocycles. The lowest BCUT2D eigenvalue weighted by atomic mass is 10.1. The first kappa shape index (κ1) is 14.2. The molecule has 0 aliphatic heterocycles. The van der Waals surface area contributed by atoms with E-state index < -0.39 is 0 Å². The monoisotopic (exact) mass is 208 g/mol. The van der Waals surface area contributed by atoms with E-state index in [-0.39, 0.29) is 30.9 Å². The molecule has 0 fully saturated rings. The summed E-state index contributed by atoms with van der Waals surface area (Å²) in [7, 11) is 0. The van der Waals surface area contributed by atoms with Crippen molar-refractivity contribution < 1.29 is 0 Å². The molecule has 0 saturated carbocycles. The minimum Gasteiger partial charge on any atom is -0.323 e. The third-order valence-corrected chi connectivity index (χ3v) is 1.48. The lowest BCUT2D eigenvalue weighted by Crippen LogP contribution is -2.08. The molecular weight excluding hydrogens is 195 g/mol. The van der Waals surface area contributed by atoms with E-state index in [2.05, 4.69) is 4.98 Å². The molecule has 70 valence electrons. The lowest BCUT2D eigenvalue weighted by molar-refractivity contribution is 0.772. The van der Waals surface area contributed by atoms with Crippen molar-refractivity contribution in [3.8, 4) is 0 Å². The normalized spacial score (nSPS) is 10.9. The molecule has 0 bridgehead atoms. The summed E-state index contributed by atoms with van der Waals surface area (Å²) in [6, 6.07) is 3.98. The standard InChI is InChI=1S/C8H12N2.2ClH/c1-6-4-3-5-10-8(6)7(2)9;;/h3-5,7H,9H2,1-2H3;2*1H/t7-;;/m0../s1. The van der Waals surface area contributed by atoms with E-state index in [9.17, 15) is 0 Å². The number of pyridine rings is 1. The number of nitrogens with two attached hydrogens (primary N) is 1. The van der Waals surface area contributed by atoms with E-state index in [4.69, 9.17) is 5.73 Å². The Morgan fingerprint density at radius 3 is 2.33 bits per heavy atom. The van der Waals surface area contributed by atoms with Crippen LogP contribution in [0.3, 0.4) is 0 Å². The molecule has 2 N–H and O–H groups in total. The van der Waals surface area contributed by atoms with Gasteiger partial charge in [-0.3, -0.25) is 4.98 Å². The zero-order valence-electron chi connectivity index (χ0n) is 7.15. The molecule has 0 aliphatic rings. The molecule has 0 spiro atoms. The first-order chi connectivity index (χ1) is 4.72. The van der Waals surface area contributed by atoms with Crippen molar-refractivity contribution >= 4 is 24.8 Å². The highest BCUT2D eigenvalue weighted by molar-refractivity contribution is 5.85. The largest absolute Gasteiger partial charge is 0.323 e. The Morgan fingerprint density at radius 2 is 2.00 bits per heavy atom. The van der Waals surface area contributed by atoms with Crippen LogP contribution < -0.4 is 5.73 Å². The van der Waals surface area contributed by atoms with Crippen LogP contribution in [0.4, 0.5) is 0 Å². The first-order valence-corrected chi connectivity index (χ1v) is 3.39. The molecule has 0 amide bonds. The van der Waals surface area contributed by atoms with Gasteiger partial charge in [-0.15, -0.1) is 24.8 Å². The fourth-order valence-electron chi connectivity index (χ4n) is 0.975. The van der Waals surface area contributed by atoms with Crippen molar-refractivity contribution in [1.82, 2.24) is 4.98 Å². The Labute approximate surface area is 85.4 Å². The maximum atomic E-state index is 5.65. The maximum Gasteiger partial charge on any atom is 0.0597 e. The van der Waals surface area contributed by atoms with E-state index in [1.54, 1.807) is 6.20 Å². The van der Waals surface area contributed by atoms with Crippen LogP contribution in [-0.2, 0) is 0 Å². The van der Waals surface area contributed by atoms with Crippen LogP contribution in [-0.4, -0.2) is 4.98 Å². The van der Waals surface area contributed by atoms with Gasteiger partial charge in [0.1, 0.15) is 0 Å². The second-order valence-corrected chi connectivity index (χ2v) is 2.49.